The summed E-state index contributed by atoms with van der Waals surface area (Å²) in [4.78, 5) is 23.3. The van der Waals surface area contributed by atoms with Crippen molar-refractivity contribution in [3.05, 3.63) is 42.1 Å². The number of hydrogen-bond acceptors (Lipinski definition) is 6. The van der Waals surface area contributed by atoms with Crippen LogP contribution in [0, 0.1) is 0 Å². The minimum atomic E-state index is -0.335. The maximum atomic E-state index is 12.4. The van der Waals surface area contributed by atoms with Crippen LogP contribution in [0.25, 0.3) is 22.2 Å². The molecule has 1 atom stereocenters. The summed E-state index contributed by atoms with van der Waals surface area (Å²) >= 11 is 0. The number of aromatic nitrogens is 3. The summed E-state index contributed by atoms with van der Waals surface area (Å²) in [5, 5.41) is 8.64. The van der Waals surface area contributed by atoms with Crippen molar-refractivity contribution < 1.29 is 9.53 Å². The normalized spacial score (nSPS) is 15.9. The summed E-state index contributed by atoms with van der Waals surface area (Å²) in [6, 6.07) is 10.0. The van der Waals surface area contributed by atoms with Gasteiger partial charge in [-0.25, -0.2) is 4.98 Å². The summed E-state index contributed by atoms with van der Waals surface area (Å²) in [6.07, 6.45) is 4.01. The summed E-state index contributed by atoms with van der Waals surface area (Å²) in [5.74, 6) is 0.743. The Morgan fingerprint density at radius 2 is 2.14 bits per heavy atom. The molecule has 1 aliphatic rings. The highest BCUT2D eigenvalue weighted by Crippen LogP contribution is 2.31. The summed E-state index contributed by atoms with van der Waals surface area (Å²) in [6.45, 7) is 4.97. The van der Waals surface area contributed by atoms with E-state index in [0.717, 1.165) is 46.6 Å². The first-order valence-corrected chi connectivity index (χ1v) is 9.93. The lowest BCUT2D eigenvalue weighted by atomic mass is 9.92. The summed E-state index contributed by atoms with van der Waals surface area (Å²) in [7, 11) is 1.70. The van der Waals surface area contributed by atoms with Gasteiger partial charge in [0.05, 0.1) is 24.6 Å². The predicted molar refractivity (Wildman–Crippen MR) is 115 cm³/mol. The van der Waals surface area contributed by atoms with Crippen molar-refractivity contribution in [1.29, 1.82) is 0 Å². The smallest absolute Gasteiger partial charge is 0.145 e. The highest BCUT2D eigenvalue weighted by molar-refractivity contribution is 6.02. The summed E-state index contributed by atoms with van der Waals surface area (Å²) in [5.41, 5.74) is 3.71. The van der Waals surface area contributed by atoms with E-state index in [1.54, 1.807) is 13.3 Å². The highest BCUT2D eigenvalue weighted by Gasteiger charge is 2.19. The number of fused-ring (bicyclic) bond motifs is 1. The second-order valence-electron chi connectivity index (χ2n) is 7.08. The highest BCUT2D eigenvalue weighted by atomic mass is 16.5. The van der Waals surface area contributed by atoms with Crippen LogP contribution in [0.15, 0.2) is 41.5 Å². The Morgan fingerprint density at radius 3 is 2.90 bits per heavy atom. The van der Waals surface area contributed by atoms with E-state index in [1.807, 2.05) is 37.4 Å². The number of hydrogen-bond donors (Lipinski definition) is 1. The van der Waals surface area contributed by atoms with Crippen molar-refractivity contribution in [2.24, 2.45) is 4.99 Å². The van der Waals surface area contributed by atoms with Gasteiger partial charge < -0.3 is 9.64 Å². The first-order chi connectivity index (χ1) is 14.2. The topological polar surface area (TPSA) is 83.5 Å². The molecule has 7 heteroatoms. The quantitative estimate of drug-likeness (QED) is 0.652. The Bertz CT molecular complexity index is 1040. The SMILES string of the molecule is CCC(=O)C(C=NC)c1ccc2[nH]nc(-c3ccnc(N4CCOCC4)c3)c2c1. The van der Waals surface area contributed by atoms with Gasteiger partial charge in [0.2, 0.25) is 0 Å². The van der Waals surface area contributed by atoms with Crippen LogP contribution in [0.2, 0.25) is 0 Å². The molecule has 29 heavy (non-hydrogen) atoms. The number of benzene rings is 1. The van der Waals surface area contributed by atoms with E-state index in [9.17, 15) is 4.79 Å². The van der Waals surface area contributed by atoms with E-state index >= 15 is 0 Å². The monoisotopic (exact) mass is 391 g/mol. The molecule has 1 unspecified atom stereocenters. The number of aromatic amines is 1. The Hall–Kier alpha value is -3.06. The van der Waals surface area contributed by atoms with Crippen molar-refractivity contribution >= 4 is 28.7 Å². The molecule has 1 aromatic carbocycles. The van der Waals surface area contributed by atoms with Gasteiger partial charge in [-0.15, -0.1) is 0 Å². The third-order valence-electron chi connectivity index (χ3n) is 5.29. The molecule has 1 aliphatic heterocycles. The maximum Gasteiger partial charge on any atom is 0.145 e. The number of H-pyrrole nitrogens is 1. The Kier molecular flexibility index (Phi) is 5.67. The number of anilines is 1. The zero-order chi connectivity index (χ0) is 20.2. The van der Waals surface area contributed by atoms with Crippen LogP contribution in [0.3, 0.4) is 0 Å². The lowest BCUT2D eigenvalue weighted by Gasteiger charge is -2.27. The molecule has 1 saturated heterocycles. The van der Waals surface area contributed by atoms with Crippen LogP contribution >= 0.6 is 0 Å². The largest absolute Gasteiger partial charge is 0.378 e. The Morgan fingerprint density at radius 1 is 1.31 bits per heavy atom. The van der Waals surface area contributed by atoms with Crippen molar-refractivity contribution in [3.63, 3.8) is 0 Å². The van der Waals surface area contributed by atoms with Gasteiger partial charge in [-0.05, 0) is 29.8 Å². The van der Waals surface area contributed by atoms with Crippen LogP contribution in [0.5, 0.6) is 0 Å². The van der Waals surface area contributed by atoms with Gasteiger partial charge >= 0.3 is 0 Å². The molecular weight excluding hydrogens is 366 g/mol. The molecule has 0 aliphatic carbocycles. The van der Waals surface area contributed by atoms with Crippen LogP contribution in [0.4, 0.5) is 5.82 Å². The molecule has 3 aromatic rings. The van der Waals surface area contributed by atoms with Crippen molar-refractivity contribution in [1.82, 2.24) is 15.2 Å². The second kappa shape index (κ2) is 8.53. The number of carbonyl (C=O) groups is 1. The maximum absolute atomic E-state index is 12.4. The molecule has 7 nitrogen and oxygen atoms in total. The summed E-state index contributed by atoms with van der Waals surface area (Å²) < 4.78 is 5.44. The fourth-order valence-corrected chi connectivity index (χ4v) is 3.70. The fraction of sp³-hybridized carbons (Fsp3) is 0.364. The van der Waals surface area contributed by atoms with E-state index in [0.29, 0.717) is 19.6 Å². The number of nitrogens with one attached hydrogen (secondary N) is 1. The molecule has 1 N–H and O–H groups in total. The third-order valence-corrected chi connectivity index (χ3v) is 5.29. The molecule has 1 fully saturated rings. The average Bonchev–Trinajstić information content (AvgIpc) is 3.21. The number of morpholine rings is 1. The lowest BCUT2D eigenvalue weighted by Crippen LogP contribution is -2.36. The van der Waals surface area contributed by atoms with E-state index in [4.69, 9.17) is 4.74 Å². The van der Waals surface area contributed by atoms with Gasteiger partial charge in [-0.3, -0.25) is 14.9 Å². The van der Waals surface area contributed by atoms with E-state index in [1.165, 1.54) is 0 Å². The van der Waals surface area contributed by atoms with Crippen LogP contribution < -0.4 is 4.90 Å². The van der Waals surface area contributed by atoms with Crippen LogP contribution in [-0.4, -0.2) is 60.5 Å². The lowest BCUT2D eigenvalue weighted by molar-refractivity contribution is -0.118. The predicted octanol–water partition coefficient (Wildman–Crippen LogP) is 3.22. The van der Waals surface area contributed by atoms with Gasteiger partial charge in [0.1, 0.15) is 17.3 Å². The van der Waals surface area contributed by atoms with Crippen molar-refractivity contribution in [2.45, 2.75) is 19.3 Å². The fourth-order valence-electron chi connectivity index (χ4n) is 3.70. The number of ketones is 1. The zero-order valence-electron chi connectivity index (χ0n) is 16.8. The Labute approximate surface area is 169 Å². The van der Waals surface area contributed by atoms with Crippen LogP contribution in [-0.2, 0) is 9.53 Å². The number of nitrogens with zero attached hydrogens (tertiary/aromatic N) is 4. The number of carbonyl (C=O) groups excluding carboxylic acids is 1. The molecular formula is C22H25N5O2. The third kappa shape index (κ3) is 3.91. The number of rotatable bonds is 6. The minimum Gasteiger partial charge on any atom is -0.378 e. The van der Waals surface area contributed by atoms with Gasteiger partial charge in [0.25, 0.3) is 0 Å². The zero-order valence-corrected chi connectivity index (χ0v) is 16.8. The minimum absolute atomic E-state index is 0.151. The number of Topliss-reactive ketones (excluding diaryl/α,β-unsaturated/α-hetero) is 1. The van der Waals surface area contributed by atoms with Crippen molar-refractivity contribution in [3.8, 4) is 11.3 Å². The van der Waals surface area contributed by atoms with Crippen LogP contribution in [0.1, 0.15) is 24.8 Å². The van der Waals surface area contributed by atoms with Gasteiger partial charge in [0, 0.05) is 49.9 Å². The molecule has 2 aromatic heterocycles. The molecule has 0 amide bonds. The number of aliphatic imine (C=N–C) groups is 1. The molecule has 0 radical (unpaired) electrons. The Balaban J connectivity index is 1.74. The van der Waals surface area contributed by atoms with Gasteiger partial charge in [0.15, 0.2) is 0 Å². The first kappa shape index (κ1) is 19.3. The molecule has 0 spiro atoms. The molecule has 4 rings (SSSR count). The standard InChI is InChI=1S/C22H25N5O2/c1-3-20(28)18(14-23-2)15-4-5-19-17(12-15)22(26-25-19)16-6-7-24-21(13-16)27-8-10-29-11-9-27/h4-7,12-14,18H,3,8-11H2,1-2H3,(H,25,26). The van der Waals surface area contributed by atoms with Gasteiger partial charge in [-0.2, -0.15) is 5.10 Å². The molecule has 0 bridgehead atoms. The second-order valence-corrected chi connectivity index (χ2v) is 7.08. The van der Waals surface area contributed by atoms with E-state index < -0.39 is 0 Å². The molecule has 0 saturated carbocycles. The average molecular weight is 391 g/mol. The van der Waals surface area contributed by atoms with E-state index in [2.05, 4.69) is 31.1 Å². The van der Waals surface area contributed by atoms with E-state index in [-0.39, 0.29) is 11.7 Å². The van der Waals surface area contributed by atoms with Crippen molar-refractivity contribution in [2.75, 3.05) is 38.3 Å². The first-order valence-electron chi connectivity index (χ1n) is 9.93. The number of pyridine rings is 1. The van der Waals surface area contributed by atoms with Gasteiger partial charge in [-0.1, -0.05) is 13.0 Å². The molecule has 3 heterocycles. The number of ether oxygens (including phenoxy) is 1. The molecule has 150 valence electrons.